The fourth-order valence-electron chi connectivity index (χ4n) is 7.11. The monoisotopic (exact) mass is 544 g/mol. The molecule has 1 aromatic heterocycles. The summed E-state index contributed by atoms with van der Waals surface area (Å²) >= 11 is 0. The number of nitrogens with two attached hydrogens (primary N) is 1. The highest BCUT2D eigenvalue weighted by Crippen LogP contribution is 2.62. The molecule has 2 saturated carbocycles. The van der Waals surface area contributed by atoms with Gasteiger partial charge in [0.05, 0.1) is 13.2 Å². The Kier molecular flexibility index (Phi) is 6.89. The molecule has 0 radical (unpaired) electrons. The van der Waals surface area contributed by atoms with Crippen LogP contribution in [-0.2, 0) is 16.1 Å². The summed E-state index contributed by atoms with van der Waals surface area (Å²) < 4.78 is 7.63. The van der Waals surface area contributed by atoms with Gasteiger partial charge in [-0.3, -0.25) is 29.0 Å². The molecule has 12 nitrogen and oxygen atoms in total. The van der Waals surface area contributed by atoms with E-state index in [2.05, 4.69) is 6.92 Å². The van der Waals surface area contributed by atoms with E-state index in [0.717, 1.165) is 6.42 Å². The summed E-state index contributed by atoms with van der Waals surface area (Å²) in [6.45, 7) is 6.04. The van der Waals surface area contributed by atoms with Gasteiger partial charge in [0.2, 0.25) is 5.88 Å². The second kappa shape index (κ2) is 9.79. The molecule has 5 rings (SSSR count). The van der Waals surface area contributed by atoms with Gasteiger partial charge in [-0.2, -0.15) is 0 Å². The number of amides is 3. The Morgan fingerprint density at radius 1 is 1.18 bits per heavy atom. The first-order chi connectivity index (χ1) is 18.4. The quantitative estimate of drug-likeness (QED) is 0.254. The van der Waals surface area contributed by atoms with Gasteiger partial charge in [-0.15, -0.1) is 0 Å². The molecule has 0 bridgehead atoms. The fourth-order valence-corrected chi connectivity index (χ4v) is 7.11. The normalized spacial score (nSPS) is 29.7. The molecule has 12 heteroatoms. The van der Waals surface area contributed by atoms with Crippen LogP contribution in [0.5, 0.6) is 5.88 Å². The summed E-state index contributed by atoms with van der Waals surface area (Å²) in [7, 11) is 1.54. The number of amidine groups is 1. The van der Waals surface area contributed by atoms with E-state index in [9.17, 15) is 24.3 Å². The molecule has 0 aromatic carbocycles. The zero-order valence-electron chi connectivity index (χ0n) is 23.1. The Morgan fingerprint density at radius 2 is 1.82 bits per heavy atom. The molecule has 2 aliphatic heterocycles. The summed E-state index contributed by atoms with van der Waals surface area (Å²) in [5.74, 6) is -0.696. The third-order valence-corrected chi connectivity index (χ3v) is 9.76. The summed E-state index contributed by atoms with van der Waals surface area (Å²) in [4.78, 5) is 55.9. The maximum absolute atomic E-state index is 13.5. The van der Waals surface area contributed by atoms with Crippen molar-refractivity contribution in [3.8, 4) is 5.88 Å². The average molecular weight is 545 g/mol. The predicted molar refractivity (Wildman–Crippen MR) is 143 cm³/mol. The Bertz CT molecular complexity index is 1300. The second-order valence-electron chi connectivity index (χ2n) is 12.3. The van der Waals surface area contributed by atoms with Crippen molar-refractivity contribution in [1.82, 2.24) is 18.9 Å². The van der Waals surface area contributed by atoms with E-state index in [-0.39, 0.29) is 35.4 Å². The van der Waals surface area contributed by atoms with Gasteiger partial charge in [0.1, 0.15) is 16.9 Å². The van der Waals surface area contributed by atoms with Crippen molar-refractivity contribution >= 4 is 17.8 Å². The number of aromatic nitrogens is 2. The Balaban J connectivity index is 1.36. The van der Waals surface area contributed by atoms with Crippen LogP contribution in [0.25, 0.3) is 0 Å². The van der Waals surface area contributed by atoms with Gasteiger partial charge in [0.15, 0.2) is 0 Å². The first kappa shape index (κ1) is 27.4. The van der Waals surface area contributed by atoms with Gasteiger partial charge in [-0.05, 0) is 56.3 Å². The molecule has 39 heavy (non-hydrogen) atoms. The van der Waals surface area contributed by atoms with Crippen LogP contribution < -0.4 is 17.0 Å². The number of urea groups is 1. The SMILES string of the molecule is CCC(C)CCn1c(O)c(C(=N)N)c(=O)n(C2CCC3(CC2)CC2(C3)C(=O)N(C)C(=O)N2CC2COC2)c1=O. The maximum atomic E-state index is 13.5. The highest BCUT2D eigenvalue weighted by molar-refractivity contribution is 6.07. The van der Waals surface area contributed by atoms with Crippen LogP contribution in [-0.4, -0.2) is 74.2 Å². The van der Waals surface area contributed by atoms with E-state index >= 15 is 0 Å². The molecule has 1 unspecified atom stereocenters. The number of hydrogen-bond donors (Lipinski definition) is 3. The average Bonchev–Trinajstić information content (AvgIpc) is 3.02. The van der Waals surface area contributed by atoms with Crippen LogP contribution in [0.2, 0.25) is 0 Å². The van der Waals surface area contributed by atoms with Gasteiger partial charge >= 0.3 is 11.7 Å². The molecule has 4 fully saturated rings. The van der Waals surface area contributed by atoms with E-state index in [1.807, 2.05) is 6.92 Å². The number of hydrogen-bond acceptors (Lipinski definition) is 7. The van der Waals surface area contributed by atoms with Gasteiger partial charge in [-0.1, -0.05) is 20.3 Å². The lowest BCUT2D eigenvalue weighted by molar-refractivity contribution is -0.152. The molecule has 4 N–H and O–H groups in total. The van der Waals surface area contributed by atoms with Gasteiger partial charge < -0.3 is 20.5 Å². The van der Waals surface area contributed by atoms with Gasteiger partial charge in [0.25, 0.3) is 11.5 Å². The number of aromatic hydroxyl groups is 1. The van der Waals surface area contributed by atoms with Crippen LogP contribution in [0, 0.1) is 22.7 Å². The minimum atomic E-state index is -0.811. The number of nitrogens with one attached hydrogen (secondary N) is 1. The molecule has 214 valence electrons. The highest BCUT2D eigenvalue weighted by atomic mass is 16.5. The Morgan fingerprint density at radius 3 is 2.36 bits per heavy atom. The van der Waals surface area contributed by atoms with Crippen molar-refractivity contribution in [2.75, 3.05) is 26.8 Å². The molecule has 3 heterocycles. The predicted octanol–water partition coefficient (Wildman–Crippen LogP) is 1.61. The second-order valence-corrected chi connectivity index (χ2v) is 12.3. The highest BCUT2D eigenvalue weighted by Gasteiger charge is 2.68. The lowest BCUT2D eigenvalue weighted by atomic mass is 9.51. The number of nitrogens with zero attached hydrogens (tertiary/aromatic N) is 4. The number of carbonyl (C=O) groups excluding carboxylic acids is 2. The van der Waals surface area contributed by atoms with Crippen LogP contribution >= 0.6 is 0 Å². The molecular weight excluding hydrogens is 504 g/mol. The van der Waals surface area contributed by atoms with Crippen molar-refractivity contribution in [3.63, 3.8) is 0 Å². The molecule has 3 amide bonds. The summed E-state index contributed by atoms with van der Waals surface area (Å²) in [6.07, 6.45) is 5.23. The van der Waals surface area contributed by atoms with E-state index in [1.165, 1.54) is 14.0 Å². The molecule has 1 aromatic rings. The molecule has 2 saturated heterocycles. The van der Waals surface area contributed by atoms with Crippen LogP contribution in [0.1, 0.15) is 76.8 Å². The van der Waals surface area contributed by atoms with Crippen molar-refractivity contribution in [2.24, 2.45) is 23.0 Å². The molecule has 2 aliphatic carbocycles. The smallest absolute Gasteiger partial charge is 0.334 e. The number of ether oxygens (including phenoxy) is 1. The lowest BCUT2D eigenvalue weighted by Crippen LogP contribution is -2.65. The van der Waals surface area contributed by atoms with E-state index in [0.29, 0.717) is 70.6 Å². The van der Waals surface area contributed by atoms with Crippen LogP contribution in [0.3, 0.4) is 0 Å². The fraction of sp³-hybridized carbons (Fsp3) is 0.741. The Labute approximate surface area is 227 Å². The standard InChI is InChI=1S/C27H40N6O6/c1-4-16(2)7-10-31-21(34)19(20(28)29)22(35)33(25(31)38)18-5-8-26(9-6-18)14-27(15-26)23(36)30(3)24(37)32(27)11-17-12-39-13-17/h16-18,34H,4-15H2,1-3H3,(H3,28,29). The maximum Gasteiger partial charge on any atom is 0.334 e. The van der Waals surface area contributed by atoms with Crippen molar-refractivity contribution in [1.29, 1.82) is 5.41 Å². The Hall–Kier alpha value is -3.15. The molecule has 1 atom stereocenters. The number of rotatable bonds is 8. The van der Waals surface area contributed by atoms with Crippen molar-refractivity contribution < 1.29 is 19.4 Å². The third kappa shape index (κ3) is 4.27. The van der Waals surface area contributed by atoms with Gasteiger partial charge in [-0.25, -0.2) is 9.59 Å². The number of nitrogen functional groups attached to an aromatic ring is 1. The largest absolute Gasteiger partial charge is 0.494 e. The number of carbonyl (C=O) groups is 2. The minimum Gasteiger partial charge on any atom is -0.494 e. The van der Waals surface area contributed by atoms with Crippen LogP contribution in [0.4, 0.5) is 4.79 Å². The topological polar surface area (TPSA) is 164 Å². The minimum absolute atomic E-state index is 0.133. The van der Waals surface area contributed by atoms with Crippen molar-refractivity contribution in [2.45, 2.75) is 83.3 Å². The van der Waals surface area contributed by atoms with E-state index in [1.54, 1.807) is 11.9 Å². The van der Waals surface area contributed by atoms with Crippen LogP contribution in [0.15, 0.2) is 9.59 Å². The third-order valence-electron chi connectivity index (χ3n) is 9.76. The molecular formula is C27H40N6O6. The summed E-state index contributed by atoms with van der Waals surface area (Å²) in [6, 6.07) is -0.645. The zero-order valence-corrected chi connectivity index (χ0v) is 23.1. The molecule has 4 aliphatic rings. The van der Waals surface area contributed by atoms with Crippen molar-refractivity contribution in [3.05, 3.63) is 26.4 Å². The van der Waals surface area contributed by atoms with E-state index < -0.39 is 34.5 Å². The van der Waals surface area contributed by atoms with Gasteiger partial charge in [0, 0.05) is 32.1 Å². The molecule has 2 spiro atoms. The number of imide groups is 1. The van der Waals surface area contributed by atoms with E-state index in [4.69, 9.17) is 15.9 Å². The first-order valence-electron chi connectivity index (χ1n) is 14.0. The number of likely N-dealkylation sites (N-methyl/N-ethyl adjacent to an activating group) is 1. The first-order valence-corrected chi connectivity index (χ1v) is 14.0. The summed E-state index contributed by atoms with van der Waals surface area (Å²) in [5.41, 5.74) is 3.08. The zero-order chi connectivity index (χ0) is 28.3. The lowest BCUT2D eigenvalue weighted by Gasteiger charge is -2.58. The summed E-state index contributed by atoms with van der Waals surface area (Å²) in [5, 5.41) is 18.6.